The van der Waals surface area contributed by atoms with Gasteiger partial charge in [0.2, 0.25) is 0 Å². The SMILES string of the molecule is CNc1c(C(=O)NC2CCS(=O)(=O)C2)cccc1[N+](=O)[O-]. The first-order valence-corrected chi connectivity index (χ1v) is 8.12. The molecule has 1 aromatic rings. The van der Waals surface area contributed by atoms with Gasteiger partial charge in [-0.2, -0.15) is 0 Å². The van der Waals surface area contributed by atoms with E-state index in [4.69, 9.17) is 0 Å². The number of nitro benzene ring substituents is 1. The molecule has 1 aromatic carbocycles. The third-order valence-corrected chi connectivity index (χ3v) is 5.07. The number of nitrogens with zero attached hydrogens (tertiary/aromatic N) is 1. The molecule has 114 valence electrons. The molecular weight excluding hydrogens is 298 g/mol. The second-order valence-corrected chi connectivity index (χ2v) is 7.01. The summed E-state index contributed by atoms with van der Waals surface area (Å²) in [5.41, 5.74) is 0.0287. The average molecular weight is 313 g/mol. The van der Waals surface area contributed by atoms with Crippen molar-refractivity contribution < 1.29 is 18.1 Å². The first kappa shape index (κ1) is 15.2. The molecule has 1 saturated heterocycles. The molecular formula is C12H15N3O5S. The summed E-state index contributed by atoms with van der Waals surface area (Å²) in [7, 11) is -1.61. The minimum Gasteiger partial charge on any atom is -0.382 e. The van der Waals surface area contributed by atoms with Crippen LogP contribution in [0.2, 0.25) is 0 Å². The largest absolute Gasteiger partial charge is 0.382 e. The Balaban J connectivity index is 2.24. The smallest absolute Gasteiger partial charge is 0.293 e. The summed E-state index contributed by atoms with van der Waals surface area (Å²) in [6, 6.07) is 3.71. The van der Waals surface area contributed by atoms with Crippen LogP contribution in [0.4, 0.5) is 11.4 Å². The number of carbonyl (C=O) groups excluding carboxylic acids is 1. The van der Waals surface area contributed by atoms with Crippen LogP contribution < -0.4 is 10.6 Å². The van der Waals surface area contributed by atoms with Gasteiger partial charge in [-0.15, -0.1) is 0 Å². The van der Waals surface area contributed by atoms with Crippen LogP contribution >= 0.6 is 0 Å². The maximum absolute atomic E-state index is 12.2. The predicted molar refractivity (Wildman–Crippen MR) is 77.2 cm³/mol. The van der Waals surface area contributed by atoms with Crippen molar-refractivity contribution in [3.8, 4) is 0 Å². The highest BCUT2D eigenvalue weighted by atomic mass is 32.2. The molecule has 1 heterocycles. The van der Waals surface area contributed by atoms with Crippen molar-refractivity contribution in [1.82, 2.24) is 5.32 Å². The molecule has 2 N–H and O–H groups in total. The summed E-state index contributed by atoms with van der Waals surface area (Å²) in [6.45, 7) is 0. The van der Waals surface area contributed by atoms with Crippen LogP contribution in [0.3, 0.4) is 0 Å². The van der Waals surface area contributed by atoms with Crippen molar-refractivity contribution in [3.63, 3.8) is 0 Å². The van der Waals surface area contributed by atoms with Gasteiger partial charge in [0.25, 0.3) is 11.6 Å². The zero-order valence-corrected chi connectivity index (χ0v) is 12.1. The zero-order valence-electron chi connectivity index (χ0n) is 11.3. The molecule has 1 atom stereocenters. The highest BCUT2D eigenvalue weighted by molar-refractivity contribution is 7.91. The summed E-state index contributed by atoms with van der Waals surface area (Å²) in [6.07, 6.45) is 0.359. The lowest BCUT2D eigenvalue weighted by molar-refractivity contribution is -0.384. The van der Waals surface area contributed by atoms with Crippen LogP contribution in [0.25, 0.3) is 0 Å². The number of para-hydroxylation sites is 1. The van der Waals surface area contributed by atoms with E-state index in [9.17, 15) is 23.3 Å². The van der Waals surface area contributed by atoms with Crippen LogP contribution in [0.15, 0.2) is 18.2 Å². The number of hydrogen-bond acceptors (Lipinski definition) is 6. The number of anilines is 1. The third kappa shape index (κ3) is 3.30. The number of nitrogens with one attached hydrogen (secondary N) is 2. The molecule has 0 saturated carbocycles. The van der Waals surface area contributed by atoms with E-state index in [1.807, 2.05) is 0 Å². The van der Waals surface area contributed by atoms with Gasteiger partial charge in [0.1, 0.15) is 5.69 Å². The predicted octanol–water partition coefficient (Wildman–Crippen LogP) is 0.553. The van der Waals surface area contributed by atoms with Crippen molar-refractivity contribution in [2.75, 3.05) is 23.9 Å². The van der Waals surface area contributed by atoms with Gasteiger partial charge < -0.3 is 10.6 Å². The lowest BCUT2D eigenvalue weighted by Gasteiger charge is -2.13. The molecule has 1 unspecified atom stereocenters. The molecule has 9 heteroatoms. The molecule has 0 bridgehead atoms. The summed E-state index contributed by atoms with van der Waals surface area (Å²) in [5.74, 6) is -0.570. The Labute approximate surface area is 121 Å². The third-order valence-electron chi connectivity index (χ3n) is 3.30. The van der Waals surface area contributed by atoms with Crippen molar-refractivity contribution in [2.45, 2.75) is 12.5 Å². The van der Waals surface area contributed by atoms with Gasteiger partial charge in [-0.3, -0.25) is 14.9 Å². The van der Waals surface area contributed by atoms with Crippen LogP contribution in [-0.2, 0) is 9.84 Å². The number of rotatable bonds is 4. The summed E-state index contributed by atoms with van der Waals surface area (Å²) in [4.78, 5) is 22.6. The normalized spacial score (nSPS) is 20.0. The minimum absolute atomic E-state index is 0.0474. The van der Waals surface area contributed by atoms with Gasteiger partial charge in [-0.25, -0.2) is 8.42 Å². The minimum atomic E-state index is -3.10. The fourth-order valence-electron chi connectivity index (χ4n) is 2.32. The second-order valence-electron chi connectivity index (χ2n) is 4.78. The van der Waals surface area contributed by atoms with Gasteiger partial charge in [-0.05, 0) is 12.5 Å². The van der Waals surface area contributed by atoms with Crippen LogP contribution in [0.1, 0.15) is 16.8 Å². The average Bonchev–Trinajstić information content (AvgIpc) is 2.76. The van der Waals surface area contributed by atoms with Gasteiger partial charge in [-0.1, -0.05) is 6.07 Å². The van der Waals surface area contributed by atoms with E-state index in [2.05, 4.69) is 10.6 Å². The van der Waals surface area contributed by atoms with Crippen LogP contribution in [0.5, 0.6) is 0 Å². The van der Waals surface area contributed by atoms with E-state index in [0.29, 0.717) is 6.42 Å². The van der Waals surface area contributed by atoms with Gasteiger partial charge in [0, 0.05) is 19.2 Å². The van der Waals surface area contributed by atoms with E-state index < -0.39 is 26.7 Å². The first-order chi connectivity index (χ1) is 9.84. The molecule has 0 aromatic heterocycles. The Hall–Kier alpha value is -2.16. The van der Waals surface area contributed by atoms with E-state index in [-0.39, 0.29) is 28.4 Å². The van der Waals surface area contributed by atoms with Crippen molar-refractivity contribution in [2.24, 2.45) is 0 Å². The standard InChI is InChI=1S/C12H15N3O5S/c1-13-11-9(3-2-4-10(11)15(17)18)12(16)14-8-5-6-21(19,20)7-8/h2-4,8,13H,5-7H2,1H3,(H,14,16). The molecule has 8 nitrogen and oxygen atoms in total. The van der Waals surface area contributed by atoms with Gasteiger partial charge in [0.05, 0.1) is 22.0 Å². The number of amides is 1. The lowest BCUT2D eigenvalue weighted by Crippen LogP contribution is -2.36. The maximum Gasteiger partial charge on any atom is 0.293 e. The number of nitro groups is 1. The molecule has 1 fully saturated rings. The van der Waals surface area contributed by atoms with Gasteiger partial charge >= 0.3 is 0 Å². The Morgan fingerprint density at radius 1 is 1.43 bits per heavy atom. The summed E-state index contributed by atoms with van der Waals surface area (Å²) >= 11 is 0. The molecule has 0 radical (unpaired) electrons. The molecule has 0 spiro atoms. The van der Waals surface area contributed by atoms with E-state index in [1.165, 1.54) is 25.2 Å². The van der Waals surface area contributed by atoms with E-state index in [0.717, 1.165) is 0 Å². The molecule has 1 amide bonds. The summed E-state index contributed by atoms with van der Waals surface area (Å²) in [5, 5.41) is 16.2. The zero-order chi connectivity index (χ0) is 15.6. The van der Waals surface area contributed by atoms with Crippen LogP contribution in [0, 0.1) is 10.1 Å². The van der Waals surface area contributed by atoms with Crippen LogP contribution in [-0.4, -0.2) is 43.8 Å². The lowest BCUT2D eigenvalue weighted by atomic mass is 10.1. The Morgan fingerprint density at radius 3 is 2.67 bits per heavy atom. The number of hydrogen-bond donors (Lipinski definition) is 2. The fourth-order valence-corrected chi connectivity index (χ4v) is 3.99. The quantitative estimate of drug-likeness (QED) is 0.619. The monoisotopic (exact) mass is 313 g/mol. The number of carbonyl (C=O) groups is 1. The molecule has 1 aliphatic heterocycles. The van der Waals surface area contributed by atoms with E-state index in [1.54, 1.807) is 0 Å². The molecule has 2 rings (SSSR count). The topological polar surface area (TPSA) is 118 Å². The van der Waals surface area contributed by atoms with Gasteiger partial charge in [0.15, 0.2) is 9.84 Å². The number of benzene rings is 1. The highest BCUT2D eigenvalue weighted by Crippen LogP contribution is 2.28. The summed E-state index contributed by atoms with van der Waals surface area (Å²) < 4.78 is 22.7. The molecule has 0 aliphatic carbocycles. The molecule has 21 heavy (non-hydrogen) atoms. The molecule has 1 aliphatic rings. The first-order valence-electron chi connectivity index (χ1n) is 6.30. The fraction of sp³-hybridized carbons (Fsp3) is 0.417. The second kappa shape index (κ2) is 5.68. The van der Waals surface area contributed by atoms with Crippen molar-refractivity contribution in [1.29, 1.82) is 0 Å². The van der Waals surface area contributed by atoms with Crippen molar-refractivity contribution >= 4 is 27.1 Å². The highest BCUT2D eigenvalue weighted by Gasteiger charge is 2.30. The Bertz CT molecular complexity index is 686. The Morgan fingerprint density at radius 2 is 2.14 bits per heavy atom. The maximum atomic E-state index is 12.2. The van der Waals surface area contributed by atoms with Crippen molar-refractivity contribution in [3.05, 3.63) is 33.9 Å². The van der Waals surface area contributed by atoms with E-state index >= 15 is 0 Å². The number of sulfone groups is 1. The Kier molecular flexibility index (Phi) is 4.12.